The molecule has 0 radical (unpaired) electrons. The quantitative estimate of drug-likeness (QED) is 0.756. The van der Waals surface area contributed by atoms with Gasteiger partial charge in [0.15, 0.2) is 5.82 Å². The van der Waals surface area contributed by atoms with Crippen LogP contribution in [0.5, 0.6) is 0 Å². The van der Waals surface area contributed by atoms with Gasteiger partial charge in [0.25, 0.3) is 11.8 Å². The molecule has 26 heavy (non-hydrogen) atoms. The first kappa shape index (κ1) is 16.7. The predicted molar refractivity (Wildman–Crippen MR) is 90.4 cm³/mol. The van der Waals surface area contributed by atoms with Crippen molar-refractivity contribution in [2.45, 2.75) is 19.6 Å². The second-order valence-electron chi connectivity index (χ2n) is 6.22. The number of morpholine rings is 1. The number of nitrogens with zero attached hydrogens (tertiary/aromatic N) is 4. The van der Waals surface area contributed by atoms with Gasteiger partial charge in [-0.1, -0.05) is 5.16 Å². The van der Waals surface area contributed by atoms with E-state index in [1.54, 1.807) is 18.2 Å². The number of H-pyrrole nitrogens is 1. The molecule has 1 unspecified atom stereocenters. The summed E-state index contributed by atoms with van der Waals surface area (Å²) < 4.78 is 15.7. The molecule has 1 N–H and O–H groups in total. The summed E-state index contributed by atoms with van der Waals surface area (Å²) in [6, 6.07) is 3.44. The molecule has 3 heterocycles. The van der Waals surface area contributed by atoms with Crippen LogP contribution in [0.4, 0.5) is 0 Å². The number of nitrogens with one attached hydrogen (secondary N) is 1. The van der Waals surface area contributed by atoms with E-state index in [9.17, 15) is 4.79 Å². The molecule has 0 bridgehead atoms. The molecular weight excluding hydrogens is 338 g/mol. The molecule has 1 aromatic carbocycles. The van der Waals surface area contributed by atoms with Crippen molar-refractivity contribution < 1.29 is 18.8 Å². The van der Waals surface area contributed by atoms with Crippen LogP contribution in [-0.2, 0) is 16.1 Å². The average molecular weight is 357 g/mol. The van der Waals surface area contributed by atoms with Gasteiger partial charge in [0.05, 0.1) is 30.5 Å². The Balaban J connectivity index is 1.68. The molecule has 1 atom stereocenters. The Morgan fingerprint density at radius 2 is 2.35 bits per heavy atom. The lowest BCUT2D eigenvalue weighted by Crippen LogP contribution is -2.44. The van der Waals surface area contributed by atoms with Gasteiger partial charge in [-0.2, -0.15) is 10.1 Å². The van der Waals surface area contributed by atoms with E-state index in [1.807, 2.05) is 19.1 Å². The van der Waals surface area contributed by atoms with Crippen LogP contribution in [0.25, 0.3) is 10.9 Å². The summed E-state index contributed by atoms with van der Waals surface area (Å²) in [6.45, 7) is 3.40. The van der Waals surface area contributed by atoms with Gasteiger partial charge in [-0.3, -0.25) is 9.89 Å². The van der Waals surface area contributed by atoms with Crippen molar-refractivity contribution in [3.63, 3.8) is 0 Å². The molecule has 1 amide bonds. The highest BCUT2D eigenvalue weighted by molar-refractivity contribution is 6.05. The Bertz CT molecular complexity index is 934. The lowest BCUT2D eigenvalue weighted by Gasteiger charge is -2.33. The van der Waals surface area contributed by atoms with Gasteiger partial charge in [-0.15, -0.1) is 0 Å². The van der Waals surface area contributed by atoms with Gasteiger partial charge in [0.2, 0.25) is 0 Å². The number of aryl methyl sites for hydroxylation is 1. The van der Waals surface area contributed by atoms with E-state index in [0.29, 0.717) is 37.0 Å². The standard InChI is InChI=1S/C17H19N5O4/c1-10-5-11-7-18-20-15(11)12(6-10)17(23)22-3-4-25-8-13(22)16-19-14(9-24-2)26-21-16/h5-7,13H,3-4,8-9H2,1-2H3,(H,18,20). The molecule has 3 aromatic rings. The van der Waals surface area contributed by atoms with E-state index in [1.165, 1.54) is 0 Å². The fourth-order valence-electron chi connectivity index (χ4n) is 3.18. The molecule has 1 aliphatic heterocycles. The normalized spacial score (nSPS) is 17.8. The smallest absolute Gasteiger partial charge is 0.256 e. The first-order valence-corrected chi connectivity index (χ1v) is 8.31. The van der Waals surface area contributed by atoms with Gasteiger partial charge in [0, 0.05) is 19.0 Å². The van der Waals surface area contributed by atoms with Crippen LogP contribution in [0.1, 0.15) is 33.7 Å². The second kappa shape index (κ2) is 6.85. The molecule has 0 saturated carbocycles. The number of amides is 1. The Kier molecular flexibility index (Phi) is 4.39. The first-order chi connectivity index (χ1) is 12.7. The molecule has 136 valence electrons. The summed E-state index contributed by atoms with van der Waals surface area (Å²) >= 11 is 0. The number of benzene rings is 1. The van der Waals surface area contributed by atoms with Crippen LogP contribution in [0.15, 0.2) is 22.9 Å². The fraction of sp³-hybridized carbons (Fsp3) is 0.412. The molecular formula is C17H19N5O4. The van der Waals surface area contributed by atoms with Crippen molar-refractivity contribution in [3.05, 3.63) is 41.2 Å². The Morgan fingerprint density at radius 3 is 3.19 bits per heavy atom. The molecule has 2 aromatic heterocycles. The highest BCUT2D eigenvalue weighted by atomic mass is 16.5. The topological polar surface area (TPSA) is 106 Å². The number of fused-ring (bicyclic) bond motifs is 1. The summed E-state index contributed by atoms with van der Waals surface area (Å²) in [4.78, 5) is 19.3. The Labute approximate surface area is 149 Å². The highest BCUT2D eigenvalue weighted by Crippen LogP contribution is 2.27. The van der Waals surface area contributed by atoms with Crippen LogP contribution in [0, 0.1) is 6.92 Å². The minimum Gasteiger partial charge on any atom is -0.377 e. The van der Waals surface area contributed by atoms with Gasteiger partial charge < -0.3 is 18.9 Å². The van der Waals surface area contributed by atoms with Crippen molar-refractivity contribution in [1.82, 2.24) is 25.2 Å². The van der Waals surface area contributed by atoms with E-state index in [-0.39, 0.29) is 12.5 Å². The van der Waals surface area contributed by atoms with Crippen LogP contribution in [0.3, 0.4) is 0 Å². The van der Waals surface area contributed by atoms with Crippen molar-refractivity contribution in [2.24, 2.45) is 0 Å². The first-order valence-electron chi connectivity index (χ1n) is 8.31. The monoisotopic (exact) mass is 357 g/mol. The van der Waals surface area contributed by atoms with Crippen LogP contribution in [-0.4, -0.2) is 58.0 Å². The molecule has 9 heteroatoms. The number of carbonyl (C=O) groups is 1. The maximum absolute atomic E-state index is 13.3. The van der Waals surface area contributed by atoms with Gasteiger partial charge >= 0.3 is 0 Å². The maximum atomic E-state index is 13.3. The zero-order chi connectivity index (χ0) is 18.1. The highest BCUT2D eigenvalue weighted by Gasteiger charge is 2.33. The molecule has 9 nitrogen and oxygen atoms in total. The molecule has 1 aliphatic rings. The summed E-state index contributed by atoms with van der Waals surface area (Å²) in [5.41, 5.74) is 2.29. The van der Waals surface area contributed by atoms with Crippen LogP contribution >= 0.6 is 0 Å². The lowest BCUT2D eigenvalue weighted by atomic mass is 10.0. The van der Waals surface area contributed by atoms with Crippen molar-refractivity contribution >= 4 is 16.8 Å². The van der Waals surface area contributed by atoms with Crippen LogP contribution in [0.2, 0.25) is 0 Å². The number of hydrogen-bond donors (Lipinski definition) is 1. The Hall–Kier alpha value is -2.78. The second-order valence-corrected chi connectivity index (χ2v) is 6.22. The minimum absolute atomic E-state index is 0.116. The van der Waals surface area contributed by atoms with E-state index < -0.39 is 6.04 Å². The van der Waals surface area contributed by atoms with E-state index in [0.717, 1.165) is 16.5 Å². The SMILES string of the molecule is COCc1nc(C2COCCN2C(=O)c2cc(C)cc3cn[nH]c23)no1. The zero-order valence-corrected chi connectivity index (χ0v) is 14.6. The predicted octanol–water partition coefficient (Wildman–Crippen LogP) is 1.61. The van der Waals surface area contributed by atoms with Gasteiger partial charge in [0.1, 0.15) is 12.6 Å². The summed E-state index contributed by atoms with van der Waals surface area (Å²) in [5.74, 6) is 0.667. The number of hydrogen-bond acceptors (Lipinski definition) is 7. The summed E-state index contributed by atoms with van der Waals surface area (Å²) in [7, 11) is 1.55. The third kappa shape index (κ3) is 2.95. The van der Waals surface area contributed by atoms with Crippen molar-refractivity contribution in [1.29, 1.82) is 0 Å². The largest absolute Gasteiger partial charge is 0.377 e. The summed E-state index contributed by atoms with van der Waals surface area (Å²) in [6.07, 6.45) is 1.71. The number of rotatable bonds is 4. The minimum atomic E-state index is -0.413. The third-order valence-electron chi connectivity index (χ3n) is 4.36. The fourth-order valence-corrected chi connectivity index (χ4v) is 3.18. The number of aromatic nitrogens is 4. The molecule has 1 saturated heterocycles. The van der Waals surface area contributed by atoms with Crippen LogP contribution < -0.4 is 0 Å². The van der Waals surface area contributed by atoms with E-state index in [4.69, 9.17) is 14.0 Å². The molecule has 4 rings (SSSR count). The van der Waals surface area contributed by atoms with Crippen molar-refractivity contribution in [2.75, 3.05) is 26.9 Å². The Morgan fingerprint density at radius 1 is 1.46 bits per heavy atom. The molecule has 0 spiro atoms. The molecule has 0 aliphatic carbocycles. The average Bonchev–Trinajstić information content (AvgIpc) is 3.30. The van der Waals surface area contributed by atoms with Gasteiger partial charge in [-0.05, 0) is 24.6 Å². The van der Waals surface area contributed by atoms with Gasteiger partial charge in [-0.25, -0.2) is 0 Å². The van der Waals surface area contributed by atoms with Crippen molar-refractivity contribution in [3.8, 4) is 0 Å². The summed E-state index contributed by atoms with van der Waals surface area (Å²) in [5, 5.41) is 11.9. The molecule has 1 fully saturated rings. The zero-order valence-electron chi connectivity index (χ0n) is 14.6. The number of ether oxygens (including phenoxy) is 2. The van der Waals surface area contributed by atoms with E-state index >= 15 is 0 Å². The number of carbonyl (C=O) groups excluding carboxylic acids is 1. The maximum Gasteiger partial charge on any atom is 0.256 e. The lowest BCUT2D eigenvalue weighted by molar-refractivity contribution is -0.00568. The number of methoxy groups -OCH3 is 1. The number of aromatic amines is 1. The van der Waals surface area contributed by atoms with E-state index in [2.05, 4.69) is 20.3 Å². The third-order valence-corrected chi connectivity index (χ3v) is 4.36.